The molecule has 0 fully saturated rings. The molecular weight excluding hydrogens is 866 g/mol. The van der Waals surface area contributed by atoms with Crippen LogP contribution >= 0.6 is 7.82 Å². The molecule has 0 radical (unpaired) electrons. The number of carbonyl (C=O) groups excluding carboxylic acids is 1. The molecule has 0 aromatic rings. The number of ether oxygens (including phenoxy) is 2. The maximum Gasteiger partial charge on any atom is 0.472 e. The quantitative estimate of drug-likeness (QED) is 0.0352. The highest BCUT2D eigenvalue weighted by Crippen LogP contribution is 2.43. The predicted molar refractivity (Wildman–Crippen MR) is 294 cm³/mol. The molecule has 0 saturated carbocycles. The monoisotopic (exact) mass is 986 g/mol. The number of phosphoric ester groups is 1. The number of nitrogens with two attached hydrogens (primary N) is 1. The predicted octanol–water partition coefficient (Wildman–Crippen LogP) is 19.6. The molecule has 0 spiro atoms. The van der Waals surface area contributed by atoms with Gasteiger partial charge in [-0.2, -0.15) is 0 Å². The summed E-state index contributed by atoms with van der Waals surface area (Å²) < 4.78 is 33.7. The maximum absolute atomic E-state index is 12.7. The number of hydrogen-bond donors (Lipinski definition) is 2. The number of phosphoric acid groups is 1. The van der Waals surface area contributed by atoms with Crippen molar-refractivity contribution in [2.45, 2.75) is 341 Å². The Hall–Kier alpha value is -0.500. The molecule has 408 valence electrons. The zero-order chi connectivity index (χ0) is 49.4. The molecule has 0 heterocycles. The van der Waals surface area contributed by atoms with E-state index in [9.17, 15) is 14.3 Å². The number of rotatable bonds is 60. The molecule has 0 aliphatic carbocycles. The van der Waals surface area contributed by atoms with Gasteiger partial charge in [-0.3, -0.25) is 13.8 Å². The molecule has 0 aromatic carbocycles. The van der Waals surface area contributed by atoms with E-state index in [0.29, 0.717) is 13.0 Å². The molecule has 0 rings (SSSR count). The average molecular weight is 987 g/mol. The second-order valence-electron chi connectivity index (χ2n) is 20.9. The van der Waals surface area contributed by atoms with Gasteiger partial charge < -0.3 is 20.1 Å². The Morgan fingerprint density at radius 2 is 0.647 bits per heavy atom. The molecule has 2 unspecified atom stereocenters. The van der Waals surface area contributed by atoms with Crippen molar-refractivity contribution in [2.24, 2.45) is 5.73 Å². The Morgan fingerprint density at radius 3 is 0.926 bits per heavy atom. The van der Waals surface area contributed by atoms with Crippen molar-refractivity contribution in [1.82, 2.24) is 0 Å². The van der Waals surface area contributed by atoms with Gasteiger partial charge in [-0.05, 0) is 12.8 Å². The van der Waals surface area contributed by atoms with Crippen LogP contribution in [0.25, 0.3) is 0 Å². The minimum atomic E-state index is -4.28. The van der Waals surface area contributed by atoms with Gasteiger partial charge >= 0.3 is 13.8 Å². The number of hydrogen-bond acceptors (Lipinski definition) is 7. The van der Waals surface area contributed by atoms with Gasteiger partial charge in [0.2, 0.25) is 0 Å². The molecule has 3 N–H and O–H groups in total. The van der Waals surface area contributed by atoms with Gasteiger partial charge in [0.05, 0.1) is 19.8 Å². The zero-order valence-corrected chi connectivity index (χ0v) is 46.8. The van der Waals surface area contributed by atoms with E-state index in [1.165, 1.54) is 283 Å². The Labute approximate surface area is 424 Å². The molecular formula is C59H120NO7P. The molecule has 0 bridgehead atoms. The van der Waals surface area contributed by atoms with Crippen LogP contribution in [0.2, 0.25) is 0 Å². The molecule has 0 amide bonds. The summed E-state index contributed by atoms with van der Waals surface area (Å²) in [6.45, 7) is 5.03. The first-order valence-electron chi connectivity index (χ1n) is 30.5. The van der Waals surface area contributed by atoms with E-state index in [1.54, 1.807) is 0 Å². The first-order chi connectivity index (χ1) is 33.4. The highest BCUT2D eigenvalue weighted by Gasteiger charge is 2.25. The van der Waals surface area contributed by atoms with E-state index in [2.05, 4.69) is 13.8 Å². The van der Waals surface area contributed by atoms with E-state index in [-0.39, 0.29) is 32.3 Å². The van der Waals surface area contributed by atoms with Gasteiger partial charge in [0.15, 0.2) is 0 Å². The normalized spacial score (nSPS) is 13.1. The van der Waals surface area contributed by atoms with E-state index in [4.69, 9.17) is 24.3 Å². The molecule has 2 atom stereocenters. The van der Waals surface area contributed by atoms with Gasteiger partial charge in [-0.15, -0.1) is 0 Å². The highest BCUT2D eigenvalue weighted by atomic mass is 31.2. The van der Waals surface area contributed by atoms with Crippen LogP contribution in [0, 0.1) is 0 Å². The highest BCUT2D eigenvalue weighted by molar-refractivity contribution is 7.47. The maximum atomic E-state index is 12.7. The second kappa shape index (κ2) is 57.4. The first kappa shape index (κ1) is 67.5. The van der Waals surface area contributed by atoms with E-state index >= 15 is 0 Å². The first-order valence-corrected chi connectivity index (χ1v) is 32.0. The van der Waals surface area contributed by atoms with Crippen LogP contribution in [-0.4, -0.2) is 49.9 Å². The van der Waals surface area contributed by atoms with Crippen molar-refractivity contribution in [2.75, 3.05) is 33.0 Å². The van der Waals surface area contributed by atoms with Crippen LogP contribution in [0.1, 0.15) is 335 Å². The summed E-state index contributed by atoms with van der Waals surface area (Å²) in [5.41, 5.74) is 5.41. The summed E-state index contributed by atoms with van der Waals surface area (Å²) in [6, 6.07) is 0. The van der Waals surface area contributed by atoms with Crippen LogP contribution in [0.3, 0.4) is 0 Å². The third-order valence-electron chi connectivity index (χ3n) is 14.0. The smallest absolute Gasteiger partial charge is 0.457 e. The summed E-state index contributed by atoms with van der Waals surface area (Å²) in [4.78, 5) is 22.7. The van der Waals surface area contributed by atoms with E-state index < -0.39 is 13.9 Å². The van der Waals surface area contributed by atoms with E-state index in [0.717, 1.165) is 32.1 Å². The summed E-state index contributed by atoms with van der Waals surface area (Å²) >= 11 is 0. The average Bonchev–Trinajstić information content (AvgIpc) is 3.33. The molecule has 0 saturated heterocycles. The largest absolute Gasteiger partial charge is 0.472 e. The fourth-order valence-corrected chi connectivity index (χ4v) is 10.3. The van der Waals surface area contributed by atoms with E-state index in [1.807, 2.05) is 0 Å². The number of unbranched alkanes of at least 4 members (excludes halogenated alkanes) is 47. The van der Waals surface area contributed by atoms with Crippen LogP contribution in [0.5, 0.6) is 0 Å². The van der Waals surface area contributed by atoms with Crippen molar-refractivity contribution >= 4 is 13.8 Å². The fourth-order valence-electron chi connectivity index (χ4n) is 9.53. The van der Waals surface area contributed by atoms with Crippen LogP contribution in [0.4, 0.5) is 0 Å². The Kier molecular flexibility index (Phi) is 57.0. The fraction of sp³-hybridized carbons (Fsp3) is 0.983. The molecule has 68 heavy (non-hydrogen) atoms. The zero-order valence-electron chi connectivity index (χ0n) is 45.9. The lowest BCUT2D eigenvalue weighted by Gasteiger charge is -2.20. The number of esters is 1. The minimum absolute atomic E-state index is 0.0894. The standard InChI is InChI=1S/C59H120NO7P/c1-3-5-7-9-11-13-15-17-19-21-23-25-27-29-31-33-35-37-39-41-43-45-47-49-51-54-64-56-58(57-66-68(62,63)65-55-53-60)67-59(61)52-50-48-46-44-42-40-38-36-34-32-30-28-26-24-22-20-18-16-14-12-10-8-6-4-2/h58H,3-57,60H2,1-2H3,(H,62,63). The number of carbonyl (C=O) groups is 1. The summed E-state index contributed by atoms with van der Waals surface area (Å²) in [5, 5.41) is 0. The summed E-state index contributed by atoms with van der Waals surface area (Å²) in [5.74, 6) is -0.318. The van der Waals surface area contributed by atoms with Gasteiger partial charge in [0, 0.05) is 19.6 Å². The lowest BCUT2D eigenvalue weighted by atomic mass is 10.0. The third-order valence-corrected chi connectivity index (χ3v) is 15.0. The van der Waals surface area contributed by atoms with Gasteiger partial charge in [-0.1, -0.05) is 316 Å². The van der Waals surface area contributed by atoms with Crippen molar-refractivity contribution < 1.29 is 32.8 Å². The van der Waals surface area contributed by atoms with Crippen molar-refractivity contribution in [3.05, 3.63) is 0 Å². The van der Waals surface area contributed by atoms with Crippen molar-refractivity contribution in [3.8, 4) is 0 Å². The lowest BCUT2D eigenvalue weighted by molar-refractivity contribution is -0.154. The molecule has 0 aromatic heterocycles. The van der Waals surface area contributed by atoms with Gasteiger partial charge in [0.1, 0.15) is 6.10 Å². The van der Waals surface area contributed by atoms with Crippen LogP contribution < -0.4 is 5.73 Å². The molecule has 0 aliphatic heterocycles. The topological polar surface area (TPSA) is 117 Å². The van der Waals surface area contributed by atoms with Crippen LogP contribution in [0.15, 0.2) is 0 Å². The van der Waals surface area contributed by atoms with Crippen LogP contribution in [-0.2, 0) is 27.9 Å². The van der Waals surface area contributed by atoms with Gasteiger partial charge in [-0.25, -0.2) is 4.57 Å². The minimum Gasteiger partial charge on any atom is -0.457 e. The van der Waals surface area contributed by atoms with Crippen molar-refractivity contribution in [3.63, 3.8) is 0 Å². The Bertz CT molecular complexity index is 1020. The lowest BCUT2D eigenvalue weighted by Crippen LogP contribution is -2.28. The Balaban J connectivity index is 3.78. The molecule has 0 aliphatic rings. The molecule has 8 nitrogen and oxygen atoms in total. The summed E-state index contributed by atoms with van der Waals surface area (Å²) in [6.07, 6.45) is 66.0. The second-order valence-corrected chi connectivity index (χ2v) is 22.4. The summed E-state index contributed by atoms with van der Waals surface area (Å²) in [7, 11) is -4.28. The Morgan fingerprint density at radius 1 is 0.382 bits per heavy atom. The molecule has 9 heteroatoms. The third kappa shape index (κ3) is 56.4. The van der Waals surface area contributed by atoms with Crippen molar-refractivity contribution in [1.29, 1.82) is 0 Å². The van der Waals surface area contributed by atoms with Gasteiger partial charge in [0.25, 0.3) is 0 Å². The SMILES string of the molecule is CCCCCCCCCCCCCCCCCCCCCCCCCCCOCC(COP(=O)(O)OCCN)OC(=O)CCCCCCCCCCCCCCCCCCCCCCCCCC.